The van der Waals surface area contributed by atoms with Gasteiger partial charge in [-0.2, -0.15) is 0 Å². The second-order valence-corrected chi connectivity index (χ2v) is 4.56. The van der Waals surface area contributed by atoms with Crippen molar-refractivity contribution in [2.75, 3.05) is 6.61 Å². The van der Waals surface area contributed by atoms with Crippen LogP contribution in [0.3, 0.4) is 0 Å². The molecule has 0 fully saturated rings. The van der Waals surface area contributed by atoms with Gasteiger partial charge in [0.1, 0.15) is 0 Å². The van der Waals surface area contributed by atoms with Crippen LogP contribution in [0.15, 0.2) is 65.8 Å². The maximum Gasteiger partial charge on any atom is 0.162 e. The molecular weight excluding hydrogens is 238 g/mol. The van der Waals surface area contributed by atoms with Gasteiger partial charge in [-0.15, -0.1) is 0 Å². The lowest BCUT2D eigenvalue weighted by Crippen LogP contribution is -2.25. The van der Waals surface area contributed by atoms with Crippen LogP contribution in [0.25, 0.3) is 0 Å². The van der Waals surface area contributed by atoms with E-state index in [1.807, 2.05) is 60.7 Å². The number of oxime groups is 1. The summed E-state index contributed by atoms with van der Waals surface area (Å²) in [4.78, 5) is 5.37. The van der Waals surface area contributed by atoms with E-state index >= 15 is 0 Å². The van der Waals surface area contributed by atoms with Crippen molar-refractivity contribution in [1.82, 2.24) is 0 Å². The van der Waals surface area contributed by atoms with Crippen LogP contribution in [-0.4, -0.2) is 23.5 Å². The van der Waals surface area contributed by atoms with Crippen molar-refractivity contribution in [3.8, 4) is 0 Å². The molecular formula is C16H15NO2. The molecule has 1 heterocycles. The monoisotopic (exact) mass is 253 g/mol. The molecule has 1 N–H and O–H groups in total. The summed E-state index contributed by atoms with van der Waals surface area (Å²) in [6, 6.07) is 20.0. The van der Waals surface area contributed by atoms with E-state index in [9.17, 15) is 5.11 Å². The van der Waals surface area contributed by atoms with Crippen molar-refractivity contribution in [3.05, 3.63) is 71.8 Å². The summed E-state index contributed by atoms with van der Waals surface area (Å²) in [6.45, 7) is -0.0423. The fraction of sp³-hybridized carbons (Fsp3) is 0.188. The van der Waals surface area contributed by atoms with Crippen LogP contribution in [0.2, 0.25) is 0 Å². The summed E-state index contributed by atoms with van der Waals surface area (Å²) in [5.41, 5.74) is 3.03. The van der Waals surface area contributed by atoms with E-state index in [1.165, 1.54) is 0 Å². The van der Waals surface area contributed by atoms with Crippen LogP contribution in [0.5, 0.6) is 0 Å². The fourth-order valence-corrected chi connectivity index (χ4v) is 2.43. The van der Waals surface area contributed by atoms with Gasteiger partial charge in [0.25, 0.3) is 0 Å². The van der Waals surface area contributed by atoms with Crippen LogP contribution in [-0.2, 0) is 4.84 Å². The molecule has 19 heavy (non-hydrogen) atoms. The number of benzene rings is 2. The van der Waals surface area contributed by atoms with Gasteiger partial charge in [0, 0.05) is 5.56 Å². The first-order chi connectivity index (χ1) is 9.40. The second-order valence-electron chi connectivity index (χ2n) is 4.56. The van der Waals surface area contributed by atoms with Crippen LogP contribution in [0.1, 0.15) is 17.0 Å². The topological polar surface area (TPSA) is 41.8 Å². The average molecular weight is 253 g/mol. The number of aliphatic hydroxyl groups excluding tert-OH is 1. The van der Waals surface area contributed by atoms with E-state index in [-0.39, 0.29) is 18.6 Å². The van der Waals surface area contributed by atoms with Crippen LogP contribution in [0.4, 0.5) is 0 Å². The number of hydrogen-bond donors (Lipinski definition) is 1. The Morgan fingerprint density at radius 2 is 1.58 bits per heavy atom. The van der Waals surface area contributed by atoms with Gasteiger partial charge >= 0.3 is 0 Å². The quantitative estimate of drug-likeness (QED) is 0.913. The predicted octanol–water partition coefficient (Wildman–Crippen LogP) is 2.57. The van der Waals surface area contributed by atoms with Crippen LogP contribution in [0, 0.1) is 0 Å². The van der Waals surface area contributed by atoms with Crippen molar-refractivity contribution in [2.45, 2.75) is 12.0 Å². The Kier molecular flexibility index (Phi) is 3.29. The molecule has 0 unspecified atom stereocenters. The first kappa shape index (κ1) is 11.9. The molecule has 2 aromatic rings. The Bertz CT molecular complexity index is 566. The zero-order valence-electron chi connectivity index (χ0n) is 10.4. The summed E-state index contributed by atoms with van der Waals surface area (Å²) in [6.07, 6.45) is -0.308. The van der Waals surface area contributed by atoms with E-state index in [0.717, 1.165) is 16.8 Å². The number of aliphatic hydroxyl groups is 1. The zero-order valence-corrected chi connectivity index (χ0v) is 10.4. The summed E-state index contributed by atoms with van der Waals surface area (Å²) in [7, 11) is 0. The van der Waals surface area contributed by atoms with E-state index < -0.39 is 0 Å². The van der Waals surface area contributed by atoms with Crippen molar-refractivity contribution in [1.29, 1.82) is 0 Å². The van der Waals surface area contributed by atoms with E-state index in [2.05, 4.69) is 5.16 Å². The lowest BCUT2D eigenvalue weighted by Gasteiger charge is -2.17. The molecule has 96 valence electrons. The lowest BCUT2D eigenvalue weighted by atomic mass is 9.86. The normalized spacial score (nSPS) is 21.8. The molecule has 0 amide bonds. The molecule has 3 rings (SSSR count). The largest absolute Gasteiger partial charge is 0.392 e. The number of nitrogens with zero attached hydrogens (tertiary/aromatic N) is 1. The maximum atomic E-state index is 9.46. The van der Waals surface area contributed by atoms with Gasteiger partial charge < -0.3 is 9.94 Å². The molecule has 3 heteroatoms. The van der Waals surface area contributed by atoms with Gasteiger partial charge in [0.15, 0.2) is 6.10 Å². The highest BCUT2D eigenvalue weighted by molar-refractivity contribution is 6.06. The molecule has 0 saturated heterocycles. The molecule has 0 aromatic heterocycles. The highest BCUT2D eigenvalue weighted by atomic mass is 16.6. The van der Waals surface area contributed by atoms with Gasteiger partial charge in [-0.25, -0.2) is 0 Å². The molecule has 2 aromatic carbocycles. The maximum absolute atomic E-state index is 9.46. The third-order valence-corrected chi connectivity index (χ3v) is 3.36. The molecule has 0 spiro atoms. The summed E-state index contributed by atoms with van der Waals surface area (Å²) in [5, 5.41) is 13.6. The third kappa shape index (κ3) is 2.25. The first-order valence-corrected chi connectivity index (χ1v) is 6.35. The molecule has 1 aliphatic rings. The average Bonchev–Trinajstić information content (AvgIpc) is 2.93. The minimum atomic E-state index is -0.308. The standard InChI is InChI=1S/C16H15NO2/c18-11-14-15(12-7-3-1-4-8-12)16(17-19-14)13-9-5-2-6-10-13/h1-10,14-15,18H,11H2/t14-,15-/m1/s1. The number of rotatable bonds is 3. The number of hydrogen-bond acceptors (Lipinski definition) is 3. The lowest BCUT2D eigenvalue weighted by molar-refractivity contribution is 0.0307. The Hall–Kier alpha value is -2.13. The minimum Gasteiger partial charge on any atom is -0.392 e. The highest BCUT2D eigenvalue weighted by Gasteiger charge is 2.35. The summed E-state index contributed by atoms with van der Waals surface area (Å²) in [5.74, 6) is -0.0198. The third-order valence-electron chi connectivity index (χ3n) is 3.36. The van der Waals surface area contributed by atoms with Crippen LogP contribution < -0.4 is 0 Å². The summed E-state index contributed by atoms with van der Waals surface area (Å²) >= 11 is 0. The zero-order chi connectivity index (χ0) is 13.1. The Morgan fingerprint density at radius 1 is 0.947 bits per heavy atom. The van der Waals surface area contributed by atoms with E-state index in [0.29, 0.717) is 0 Å². The smallest absolute Gasteiger partial charge is 0.162 e. The minimum absolute atomic E-state index is 0.0198. The van der Waals surface area contributed by atoms with Crippen molar-refractivity contribution in [3.63, 3.8) is 0 Å². The first-order valence-electron chi connectivity index (χ1n) is 6.35. The van der Waals surface area contributed by atoms with Crippen LogP contribution >= 0.6 is 0 Å². The molecule has 3 nitrogen and oxygen atoms in total. The van der Waals surface area contributed by atoms with Gasteiger partial charge in [-0.3, -0.25) is 0 Å². The molecule has 0 radical (unpaired) electrons. The summed E-state index contributed by atoms with van der Waals surface area (Å²) < 4.78 is 0. The van der Waals surface area contributed by atoms with E-state index in [1.54, 1.807) is 0 Å². The van der Waals surface area contributed by atoms with Gasteiger partial charge in [-0.1, -0.05) is 65.8 Å². The predicted molar refractivity (Wildman–Crippen MR) is 74.1 cm³/mol. The molecule has 0 aliphatic carbocycles. The van der Waals surface area contributed by atoms with Gasteiger partial charge in [0.2, 0.25) is 0 Å². The molecule has 2 atom stereocenters. The fourth-order valence-electron chi connectivity index (χ4n) is 2.43. The van der Waals surface area contributed by atoms with Crippen molar-refractivity contribution >= 4 is 5.71 Å². The van der Waals surface area contributed by atoms with Gasteiger partial charge in [0.05, 0.1) is 18.2 Å². The molecule has 1 aliphatic heterocycles. The molecule has 0 saturated carbocycles. The van der Waals surface area contributed by atoms with Gasteiger partial charge in [-0.05, 0) is 5.56 Å². The van der Waals surface area contributed by atoms with Crippen molar-refractivity contribution in [2.24, 2.45) is 5.16 Å². The Labute approximate surface area is 112 Å². The molecule has 0 bridgehead atoms. The Balaban J connectivity index is 2.00. The van der Waals surface area contributed by atoms with E-state index in [4.69, 9.17) is 4.84 Å². The second kappa shape index (κ2) is 5.24. The Morgan fingerprint density at radius 3 is 2.21 bits per heavy atom. The highest BCUT2D eigenvalue weighted by Crippen LogP contribution is 2.31. The van der Waals surface area contributed by atoms with Crippen molar-refractivity contribution < 1.29 is 9.94 Å². The SMILES string of the molecule is OC[C@H]1ON=C(c2ccccc2)[C@@H]1c1ccccc1.